The molecule has 0 amide bonds. The highest BCUT2D eigenvalue weighted by Crippen LogP contribution is 2.06. The first kappa shape index (κ1) is 14.6. The summed E-state index contributed by atoms with van der Waals surface area (Å²) >= 11 is 0. The molecular weight excluding hydrogens is 234 g/mol. The lowest BCUT2D eigenvalue weighted by atomic mass is 10.2. The maximum Gasteiger partial charge on any atom is 0.337 e. The van der Waals surface area contributed by atoms with E-state index in [4.69, 9.17) is 14.6 Å². The number of carbonyl (C=O) groups is 1. The number of nitrogens with zero attached hydrogens (tertiary/aromatic N) is 1. The molecule has 5 heteroatoms. The normalized spacial score (nSPS) is 11.5. The van der Waals surface area contributed by atoms with Gasteiger partial charge in [0.15, 0.2) is 0 Å². The lowest BCUT2D eigenvalue weighted by molar-refractivity contribution is -0.0380. The number of aromatic nitrogens is 1. The van der Waals surface area contributed by atoms with E-state index in [2.05, 4.69) is 4.98 Å². The Morgan fingerprint density at radius 1 is 1.33 bits per heavy atom. The van der Waals surface area contributed by atoms with E-state index in [1.54, 1.807) is 6.07 Å². The van der Waals surface area contributed by atoms with Gasteiger partial charge in [0.05, 0.1) is 36.7 Å². The fourth-order valence-electron chi connectivity index (χ4n) is 1.22. The minimum atomic E-state index is -0.978. The Bertz CT molecular complexity index is 381. The second kappa shape index (κ2) is 6.47. The van der Waals surface area contributed by atoms with Crippen molar-refractivity contribution in [1.82, 2.24) is 4.98 Å². The molecule has 0 bridgehead atoms. The summed E-state index contributed by atoms with van der Waals surface area (Å²) in [6.07, 6.45) is 1.33. The van der Waals surface area contributed by atoms with Crippen LogP contribution in [-0.4, -0.2) is 34.9 Å². The Morgan fingerprint density at radius 3 is 2.56 bits per heavy atom. The zero-order chi connectivity index (χ0) is 13.6. The molecule has 0 aromatic carbocycles. The van der Waals surface area contributed by atoms with Crippen LogP contribution in [0.3, 0.4) is 0 Å². The van der Waals surface area contributed by atoms with Crippen LogP contribution >= 0.6 is 0 Å². The molecule has 1 aromatic heterocycles. The SMILES string of the molecule is CC(C)(C)OCCOCc1ccc(C(=O)O)cn1. The minimum absolute atomic E-state index is 0.162. The summed E-state index contributed by atoms with van der Waals surface area (Å²) in [6.45, 7) is 7.32. The number of carboxylic acid groups (broad SMARTS) is 1. The summed E-state index contributed by atoms with van der Waals surface area (Å²) in [5, 5.41) is 8.71. The number of aromatic carboxylic acids is 1. The average molecular weight is 253 g/mol. The van der Waals surface area contributed by atoms with E-state index in [0.717, 1.165) is 0 Å². The van der Waals surface area contributed by atoms with Gasteiger partial charge in [0.25, 0.3) is 0 Å². The fourth-order valence-corrected chi connectivity index (χ4v) is 1.22. The average Bonchev–Trinajstić information content (AvgIpc) is 2.27. The van der Waals surface area contributed by atoms with Crippen molar-refractivity contribution < 1.29 is 19.4 Å². The molecule has 0 spiro atoms. The number of hydrogen-bond acceptors (Lipinski definition) is 4. The first-order valence-corrected chi connectivity index (χ1v) is 5.78. The molecule has 0 aliphatic heterocycles. The van der Waals surface area contributed by atoms with Gasteiger partial charge in [-0.25, -0.2) is 4.79 Å². The lowest BCUT2D eigenvalue weighted by Crippen LogP contribution is -2.21. The minimum Gasteiger partial charge on any atom is -0.478 e. The standard InChI is InChI=1S/C13H19NO4/c1-13(2,3)18-7-6-17-9-11-5-4-10(8-14-11)12(15)16/h4-5,8H,6-7,9H2,1-3H3,(H,15,16). The van der Waals surface area contributed by atoms with Crippen LogP contribution in [0, 0.1) is 0 Å². The largest absolute Gasteiger partial charge is 0.478 e. The molecule has 0 saturated carbocycles. The van der Waals surface area contributed by atoms with Crippen molar-refractivity contribution >= 4 is 5.97 Å². The van der Waals surface area contributed by atoms with Crippen molar-refractivity contribution in [3.05, 3.63) is 29.6 Å². The molecule has 0 aliphatic carbocycles. The van der Waals surface area contributed by atoms with Crippen molar-refractivity contribution in [2.24, 2.45) is 0 Å². The zero-order valence-electron chi connectivity index (χ0n) is 11.0. The topological polar surface area (TPSA) is 68.7 Å². The molecule has 0 radical (unpaired) electrons. The smallest absolute Gasteiger partial charge is 0.337 e. The van der Waals surface area contributed by atoms with Crippen LogP contribution in [0.25, 0.3) is 0 Å². The molecule has 0 aliphatic rings. The van der Waals surface area contributed by atoms with Gasteiger partial charge < -0.3 is 14.6 Å². The lowest BCUT2D eigenvalue weighted by Gasteiger charge is -2.19. The van der Waals surface area contributed by atoms with E-state index in [1.165, 1.54) is 12.3 Å². The predicted molar refractivity (Wildman–Crippen MR) is 66.6 cm³/mol. The summed E-state index contributed by atoms with van der Waals surface area (Å²) in [6, 6.07) is 3.16. The van der Waals surface area contributed by atoms with Gasteiger partial charge in [0.1, 0.15) is 0 Å². The van der Waals surface area contributed by atoms with Gasteiger partial charge in [-0.3, -0.25) is 4.98 Å². The maximum atomic E-state index is 10.6. The van der Waals surface area contributed by atoms with Crippen molar-refractivity contribution in [2.75, 3.05) is 13.2 Å². The first-order valence-electron chi connectivity index (χ1n) is 5.78. The van der Waals surface area contributed by atoms with Gasteiger partial charge in [-0.1, -0.05) is 0 Å². The Balaban J connectivity index is 2.25. The number of carboxylic acids is 1. The van der Waals surface area contributed by atoms with E-state index in [1.807, 2.05) is 20.8 Å². The number of ether oxygens (including phenoxy) is 2. The number of rotatable bonds is 6. The third kappa shape index (κ3) is 5.75. The highest BCUT2D eigenvalue weighted by Gasteiger charge is 2.09. The van der Waals surface area contributed by atoms with Gasteiger partial charge in [0, 0.05) is 6.20 Å². The molecule has 1 heterocycles. The molecule has 0 atom stereocenters. The molecular formula is C13H19NO4. The number of pyridine rings is 1. The molecule has 1 rings (SSSR count). The molecule has 1 aromatic rings. The Hall–Kier alpha value is -1.46. The predicted octanol–water partition coefficient (Wildman–Crippen LogP) is 2.11. The molecule has 0 saturated heterocycles. The van der Waals surface area contributed by atoms with Crippen molar-refractivity contribution in [2.45, 2.75) is 33.0 Å². The van der Waals surface area contributed by atoms with Crippen molar-refractivity contribution in [3.8, 4) is 0 Å². The molecule has 100 valence electrons. The van der Waals surface area contributed by atoms with Crippen LogP contribution in [0.1, 0.15) is 36.8 Å². The van der Waals surface area contributed by atoms with Gasteiger partial charge in [-0.15, -0.1) is 0 Å². The molecule has 5 nitrogen and oxygen atoms in total. The Kier molecular flexibility index (Phi) is 5.25. The van der Waals surface area contributed by atoms with Gasteiger partial charge >= 0.3 is 5.97 Å². The molecule has 0 unspecified atom stereocenters. The zero-order valence-corrected chi connectivity index (χ0v) is 11.0. The number of hydrogen-bond donors (Lipinski definition) is 1. The maximum absolute atomic E-state index is 10.6. The van der Waals surface area contributed by atoms with Crippen LogP contribution in [-0.2, 0) is 16.1 Å². The summed E-state index contributed by atoms with van der Waals surface area (Å²) in [5.41, 5.74) is 0.718. The highest BCUT2D eigenvalue weighted by molar-refractivity contribution is 5.87. The van der Waals surface area contributed by atoms with Crippen LogP contribution < -0.4 is 0 Å². The summed E-state index contributed by atoms with van der Waals surface area (Å²) in [4.78, 5) is 14.6. The van der Waals surface area contributed by atoms with Crippen LogP contribution in [0.4, 0.5) is 0 Å². The van der Waals surface area contributed by atoms with Gasteiger partial charge in [-0.05, 0) is 32.9 Å². The van der Waals surface area contributed by atoms with Crippen molar-refractivity contribution in [3.63, 3.8) is 0 Å². The highest BCUT2D eigenvalue weighted by atomic mass is 16.5. The van der Waals surface area contributed by atoms with E-state index in [-0.39, 0.29) is 11.2 Å². The second-order valence-electron chi connectivity index (χ2n) is 4.86. The fraction of sp³-hybridized carbons (Fsp3) is 0.538. The third-order valence-electron chi connectivity index (χ3n) is 2.08. The quantitative estimate of drug-likeness (QED) is 0.786. The van der Waals surface area contributed by atoms with Gasteiger partial charge in [-0.2, -0.15) is 0 Å². The van der Waals surface area contributed by atoms with E-state index < -0.39 is 5.97 Å². The van der Waals surface area contributed by atoms with Crippen molar-refractivity contribution in [1.29, 1.82) is 0 Å². The van der Waals surface area contributed by atoms with Gasteiger partial charge in [0.2, 0.25) is 0 Å². The van der Waals surface area contributed by atoms with E-state index >= 15 is 0 Å². The summed E-state index contributed by atoms with van der Waals surface area (Å²) in [5.74, 6) is -0.978. The third-order valence-corrected chi connectivity index (χ3v) is 2.08. The molecule has 1 N–H and O–H groups in total. The molecule has 0 fully saturated rings. The van der Waals surface area contributed by atoms with Crippen LogP contribution in [0.15, 0.2) is 18.3 Å². The van der Waals surface area contributed by atoms with E-state index in [9.17, 15) is 4.79 Å². The Labute approximate surface area is 107 Å². The monoisotopic (exact) mass is 253 g/mol. The first-order chi connectivity index (χ1) is 8.38. The second-order valence-corrected chi connectivity index (χ2v) is 4.86. The molecule has 18 heavy (non-hydrogen) atoms. The van der Waals surface area contributed by atoms with Crippen LogP contribution in [0.5, 0.6) is 0 Å². The van der Waals surface area contributed by atoms with Crippen LogP contribution in [0.2, 0.25) is 0 Å². The van der Waals surface area contributed by atoms with E-state index in [0.29, 0.717) is 25.5 Å². The summed E-state index contributed by atoms with van der Waals surface area (Å²) in [7, 11) is 0. The summed E-state index contributed by atoms with van der Waals surface area (Å²) < 4.78 is 10.9. The Morgan fingerprint density at radius 2 is 2.06 bits per heavy atom.